The molecule has 4 aromatic rings. The van der Waals surface area contributed by atoms with E-state index >= 15 is 0 Å². The number of nitrogens with zero attached hydrogens (tertiary/aromatic N) is 6. The molecule has 1 atom stereocenters. The normalized spacial score (nSPS) is 16.7. The maximum Gasteiger partial charge on any atom is 0.253 e. The van der Waals surface area contributed by atoms with E-state index in [9.17, 15) is 4.79 Å². The highest BCUT2D eigenvalue weighted by molar-refractivity contribution is 5.83. The fourth-order valence-electron chi connectivity index (χ4n) is 5.61. The first-order chi connectivity index (χ1) is 19.0. The zero-order chi connectivity index (χ0) is 26.9. The maximum absolute atomic E-state index is 13.5. The van der Waals surface area contributed by atoms with Gasteiger partial charge in [0.2, 0.25) is 6.79 Å². The number of ether oxygens (including phenoxy) is 3. The summed E-state index contributed by atoms with van der Waals surface area (Å²) in [6, 6.07) is 11.9. The summed E-state index contributed by atoms with van der Waals surface area (Å²) >= 11 is 0. The van der Waals surface area contributed by atoms with E-state index in [0.717, 1.165) is 66.3 Å². The molecule has 2 aliphatic heterocycles. The molecule has 0 bridgehead atoms. The molecule has 2 aliphatic rings. The Morgan fingerprint density at radius 3 is 2.69 bits per heavy atom. The van der Waals surface area contributed by atoms with Crippen LogP contribution < -0.4 is 15.0 Å². The molecule has 0 spiro atoms. The Bertz CT molecular complexity index is 1540. The number of tetrazole rings is 1. The van der Waals surface area contributed by atoms with Crippen molar-refractivity contribution < 1.29 is 14.2 Å². The highest BCUT2D eigenvalue weighted by Crippen LogP contribution is 2.33. The maximum atomic E-state index is 13.5. The van der Waals surface area contributed by atoms with Crippen molar-refractivity contribution in [3.05, 3.63) is 74.8 Å². The summed E-state index contributed by atoms with van der Waals surface area (Å²) < 4.78 is 18.0. The first-order valence-electron chi connectivity index (χ1n) is 13.2. The highest BCUT2D eigenvalue weighted by Gasteiger charge is 2.33. The van der Waals surface area contributed by atoms with E-state index in [2.05, 4.69) is 55.4 Å². The van der Waals surface area contributed by atoms with Crippen molar-refractivity contribution in [1.82, 2.24) is 35.0 Å². The number of fused-ring (bicyclic) bond motifs is 2. The number of aromatic amines is 1. The van der Waals surface area contributed by atoms with Crippen LogP contribution in [-0.4, -0.2) is 81.7 Å². The van der Waals surface area contributed by atoms with Gasteiger partial charge in [-0.25, -0.2) is 4.68 Å². The summed E-state index contributed by atoms with van der Waals surface area (Å²) in [5.41, 5.74) is 4.78. The average Bonchev–Trinajstić information content (AvgIpc) is 3.58. The molecule has 11 heteroatoms. The van der Waals surface area contributed by atoms with Gasteiger partial charge in [0, 0.05) is 56.3 Å². The minimum absolute atomic E-state index is 0.124. The van der Waals surface area contributed by atoms with E-state index < -0.39 is 6.04 Å². The van der Waals surface area contributed by atoms with Crippen LogP contribution in [0.4, 0.5) is 0 Å². The van der Waals surface area contributed by atoms with Gasteiger partial charge in [0.1, 0.15) is 6.04 Å². The van der Waals surface area contributed by atoms with Gasteiger partial charge in [-0.3, -0.25) is 14.6 Å². The van der Waals surface area contributed by atoms with Gasteiger partial charge in [-0.1, -0.05) is 12.1 Å². The number of benzene rings is 2. The van der Waals surface area contributed by atoms with E-state index in [1.807, 2.05) is 25.1 Å². The van der Waals surface area contributed by atoms with E-state index in [1.165, 1.54) is 5.56 Å². The van der Waals surface area contributed by atoms with Gasteiger partial charge in [0.15, 0.2) is 17.3 Å². The number of piperazine rings is 1. The van der Waals surface area contributed by atoms with Crippen LogP contribution in [0.1, 0.15) is 34.1 Å². The molecule has 6 rings (SSSR count). The molecular weight excluding hydrogens is 498 g/mol. The number of methoxy groups -OCH3 is 1. The Labute approximate surface area is 226 Å². The molecule has 39 heavy (non-hydrogen) atoms. The molecule has 0 radical (unpaired) electrons. The summed E-state index contributed by atoms with van der Waals surface area (Å²) in [5, 5.41) is 13.6. The van der Waals surface area contributed by atoms with Crippen LogP contribution in [0.15, 0.2) is 41.2 Å². The summed E-state index contributed by atoms with van der Waals surface area (Å²) in [6.45, 7) is 9.38. The highest BCUT2D eigenvalue weighted by atomic mass is 16.7. The number of hydrogen-bond acceptors (Lipinski definition) is 9. The molecule has 1 unspecified atom stereocenters. The van der Waals surface area contributed by atoms with Crippen LogP contribution in [0.2, 0.25) is 0 Å². The zero-order valence-electron chi connectivity index (χ0n) is 22.5. The number of pyridine rings is 1. The quantitative estimate of drug-likeness (QED) is 0.366. The fourth-order valence-corrected chi connectivity index (χ4v) is 5.61. The smallest absolute Gasteiger partial charge is 0.253 e. The van der Waals surface area contributed by atoms with Crippen LogP contribution in [0.3, 0.4) is 0 Å². The molecule has 2 aromatic carbocycles. The second-order valence-electron chi connectivity index (χ2n) is 10.3. The second-order valence-corrected chi connectivity index (χ2v) is 10.3. The first-order valence-corrected chi connectivity index (χ1v) is 13.2. The van der Waals surface area contributed by atoms with Crippen molar-refractivity contribution in [2.24, 2.45) is 0 Å². The van der Waals surface area contributed by atoms with Crippen LogP contribution in [0.25, 0.3) is 10.9 Å². The SMILES string of the molecule is COCCn1nnnc1C(c1cc2c(C)cc(C)cc2[nH]c1=O)N1CCN(Cc2ccc3c(c2)OCO3)CC1. The van der Waals surface area contributed by atoms with E-state index in [1.54, 1.807) is 11.8 Å². The van der Waals surface area contributed by atoms with E-state index in [-0.39, 0.29) is 12.4 Å². The van der Waals surface area contributed by atoms with Gasteiger partial charge in [-0.2, -0.15) is 0 Å². The summed E-state index contributed by atoms with van der Waals surface area (Å²) in [4.78, 5) is 21.4. The van der Waals surface area contributed by atoms with Gasteiger partial charge < -0.3 is 19.2 Å². The van der Waals surface area contributed by atoms with E-state index in [0.29, 0.717) is 24.5 Å². The van der Waals surface area contributed by atoms with Crippen molar-refractivity contribution in [3.8, 4) is 11.5 Å². The molecule has 0 aliphatic carbocycles. The number of nitrogens with one attached hydrogen (secondary N) is 1. The average molecular weight is 532 g/mol. The standard InChI is InChI=1S/C28H33N7O4/c1-18-12-19(2)21-15-22(28(36)29-23(21)13-18)26(27-30-31-32-35(27)10-11-37-3)34-8-6-33(7-9-34)16-20-4-5-24-25(14-20)39-17-38-24/h4-5,12-15,26H,6-11,16-17H2,1-3H3,(H,29,36). The lowest BCUT2D eigenvalue weighted by Crippen LogP contribution is -2.48. The third kappa shape index (κ3) is 5.12. The Hall–Kier alpha value is -3.80. The number of hydrogen-bond donors (Lipinski definition) is 1. The predicted octanol–water partition coefficient (Wildman–Crippen LogP) is 2.41. The Morgan fingerprint density at radius 1 is 1.05 bits per heavy atom. The summed E-state index contributed by atoms with van der Waals surface area (Å²) in [7, 11) is 1.65. The Kier molecular flexibility index (Phi) is 7.03. The fraction of sp³-hybridized carbons (Fsp3) is 0.429. The van der Waals surface area contributed by atoms with Gasteiger partial charge in [-0.15, -0.1) is 5.10 Å². The lowest BCUT2D eigenvalue weighted by atomic mass is 9.99. The van der Waals surface area contributed by atoms with Gasteiger partial charge in [-0.05, 0) is 65.2 Å². The minimum atomic E-state index is -0.390. The van der Waals surface area contributed by atoms with Gasteiger partial charge >= 0.3 is 0 Å². The monoisotopic (exact) mass is 531 g/mol. The largest absolute Gasteiger partial charge is 0.454 e. The van der Waals surface area contributed by atoms with Crippen molar-refractivity contribution in [1.29, 1.82) is 0 Å². The second kappa shape index (κ2) is 10.8. The van der Waals surface area contributed by atoms with Crippen molar-refractivity contribution in [2.45, 2.75) is 33.0 Å². The van der Waals surface area contributed by atoms with Gasteiger partial charge in [0.05, 0.1) is 13.2 Å². The van der Waals surface area contributed by atoms with Crippen LogP contribution in [0.5, 0.6) is 11.5 Å². The molecule has 11 nitrogen and oxygen atoms in total. The third-order valence-electron chi connectivity index (χ3n) is 7.56. The van der Waals surface area contributed by atoms with Crippen LogP contribution >= 0.6 is 0 Å². The third-order valence-corrected chi connectivity index (χ3v) is 7.56. The molecule has 0 amide bonds. The van der Waals surface area contributed by atoms with Crippen LogP contribution in [-0.2, 0) is 17.8 Å². The number of rotatable bonds is 8. The molecule has 1 N–H and O–H groups in total. The summed E-state index contributed by atoms with van der Waals surface area (Å²) in [6.07, 6.45) is 0. The first kappa shape index (κ1) is 25.5. The molecule has 2 aromatic heterocycles. The van der Waals surface area contributed by atoms with Crippen LogP contribution in [0, 0.1) is 13.8 Å². The molecule has 1 fully saturated rings. The summed E-state index contributed by atoms with van der Waals surface area (Å²) in [5.74, 6) is 2.24. The van der Waals surface area contributed by atoms with E-state index in [4.69, 9.17) is 14.2 Å². The number of aryl methyl sites for hydroxylation is 2. The zero-order valence-corrected chi connectivity index (χ0v) is 22.5. The van der Waals surface area contributed by atoms with Gasteiger partial charge in [0.25, 0.3) is 5.56 Å². The van der Waals surface area contributed by atoms with Crippen molar-refractivity contribution in [3.63, 3.8) is 0 Å². The lowest BCUT2D eigenvalue weighted by Gasteiger charge is -2.38. The Balaban J connectivity index is 1.30. The molecular formula is C28H33N7O4. The van der Waals surface area contributed by atoms with Crippen molar-refractivity contribution >= 4 is 10.9 Å². The minimum Gasteiger partial charge on any atom is -0.454 e. The number of aromatic nitrogens is 5. The van der Waals surface area contributed by atoms with Crippen molar-refractivity contribution in [2.75, 3.05) is 46.7 Å². The molecule has 4 heterocycles. The molecule has 204 valence electrons. The lowest BCUT2D eigenvalue weighted by molar-refractivity contribution is 0.0984. The number of H-pyrrole nitrogens is 1. The predicted molar refractivity (Wildman–Crippen MR) is 145 cm³/mol. The Morgan fingerprint density at radius 2 is 1.87 bits per heavy atom. The molecule has 0 saturated carbocycles. The molecule has 1 saturated heterocycles. The topological polar surface area (TPSA) is 111 Å².